The van der Waals surface area contributed by atoms with Gasteiger partial charge in [0.1, 0.15) is 0 Å². The highest BCUT2D eigenvalue weighted by molar-refractivity contribution is 5.06. The SMILES string of the molecule is C[C@@H](O[C@H]1CCCNC1)c1ccccn1. The molecule has 1 aromatic heterocycles. The Morgan fingerprint density at radius 2 is 2.47 bits per heavy atom. The lowest BCUT2D eigenvalue weighted by atomic mass is 10.1. The molecule has 0 spiro atoms. The van der Waals surface area contributed by atoms with E-state index < -0.39 is 0 Å². The van der Waals surface area contributed by atoms with E-state index in [1.165, 1.54) is 6.42 Å². The first-order chi connectivity index (χ1) is 7.36. The molecular weight excluding hydrogens is 188 g/mol. The van der Waals surface area contributed by atoms with Crippen molar-refractivity contribution >= 4 is 0 Å². The van der Waals surface area contributed by atoms with E-state index in [4.69, 9.17) is 4.74 Å². The number of piperidine rings is 1. The van der Waals surface area contributed by atoms with Crippen LogP contribution in [0.4, 0.5) is 0 Å². The first kappa shape index (κ1) is 10.6. The minimum Gasteiger partial charge on any atom is -0.368 e. The number of nitrogens with one attached hydrogen (secondary N) is 1. The predicted octanol–water partition coefficient (Wildman–Crippen LogP) is 1.91. The van der Waals surface area contributed by atoms with Gasteiger partial charge in [-0.25, -0.2) is 0 Å². The number of ether oxygens (including phenoxy) is 1. The summed E-state index contributed by atoms with van der Waals surface area (Å²) in [7, 11) is 0. The van der Waals surface area contributed by atoms with Crippen molar-refractivity contribution in [2.24, 2.45) is 0 Å². The topological polar surface area (TPSA) is 34.1 Å². The summed E-state index contributed by atoms with van der Waals surface area (Å²) >= 11 is 0. The Morgan fingerprint density at radius 3 is 3.13 bits per heavy atom. The van der Waals surface area contributed by atoms with Crippen LogP contribution in [0.25, 0.3) is 0 Å². The van der Waals surface area contributed by atoms with Gasteiger partial charge >= 0.3 is 0 Å². The molecule has 0 radical (unpaired) electrons. The van der Waals surface area contributed by atoms with Crippen LogP contribution in [-0.2, 0) is 4.74 Å². The lowest BCUT2D eigenvalue weighted by Crippen LogP contribution is -2.35. The molecule has 1 aliphatic heterocycles. The second-order valence-corrected chi connectivity index (χ2v) is 4.00. The predicted molar refractivity (Wildman–Crippen MR) is 59.6 cm³/mol. The van der Waals surface area contributed by atoms with Gasteiger partial charge in [-0.3, -0.25) is 4.98 Å². The van der Waals surface area contributed by atoms with Crippen molar-refractivity contribution in [1.82, 2.24) is 10.3 Å². The first-order valence-electron chi connectivity index (χ1n) is 5.63. The Balaban J connectivity index is 1.88. The number of nitrogens with zero attached hydrogens (tertiary/aromatic N) is 1. The zero-order chi connectivity index (χ0) is 10.5. The molecule has 0 unspecified atom stereocenters. The average molecular weight is 206 g/mol. The minimum atomic E-state index is 0.0936. The maximum Gasteiger partial charge on any atom is 0.0970 e. The Hall–Kier alpha value is -0.930. The zero-order valence-corrected chi connectivity index (χ0v) is 9.15. The highest BCUT2D eigenvalue weighted by Gasteiger charge is 2.17. The van der Waals surface area contributed by atoms with Crippen LogP contribution in [-0.4, -0.2) is 24.2 Å². The van der Waals surface area contributed by atoms with Crippen molar-refractivity contribution in [3.63, 3.8) is 0 Å². The highest BCUT2D eigenvalue weighted by atomic mass is 16.5. The van der Waals surface area contributed by atoms with Crippen LogP contribution >= 0.6 is 0 Å². The third-order valence-electron chi connectivity index (χ3n) is 2.75. The molecule has 1 saturated heterocycles. The highest BCUT2D eigenvalue weighted by Crippen LogP contribution is 2.18. The summed E-state index contributed by atoms with van der Waals surface area (Å²) in [6.45, 7) is 4.16. The van der Waals surface area contributed by atoms with E-state index in [0.29, 0.717) is 6.10 Å². The molecule has 0 aromatic carbocycles. The normalized spacial score (nSPS) is 23.7. The van der Waals surface area contributed by atoms with E-state index in [2.05, 4.69) is 17.2 Å². The van der Waals surface area contributed by atoms with Gasteiger partial charge in [0.05, 0.1) is 17.9 Å². The fourth-order valence-corrected chi connectivity index (χ4v) is 1.91. The van der Waals surface area contributed by atoms with Crippen LogP contribution in [0.15, 0.2) is 24.4 Å². The second kappa shape index (κ2) is 5.24. The van der Waals surface area contributed by atoms with E-state index in [0.717, 1.165) is 25.2 Å². The van der Waals surface area contributed by atoms with Crippen LogP contribution in [0, 0.1) is 0 Å². The molecule has 82 valence electrons. The van der Waals surface area contributed by atoms with E-state index >= 15 is 0 Å². The molecule has 2 heterocycles. The van der Waals surface area contributed by atoms with Gasteiger partial charge in [0.2, 0.25) is 0 Å². The molecule has 0 bridgehead atoms. The van der Waals surface area contributed by atoms with Gasteiger partial charge in [0.25, 0.3) is 0 Å². The van der Waals surface area contributed by atoms with Crippen molar-refractivity contribution in [3.05, 3.63) is 30.1 Å². The van der Waals surface area contributed by atoms with Gasteiger partial charge in [-0.1, -0.05) is 6.07 Å². The summed E-state index contributed by atoms with van der Waals surface area (Å²) in [5, 5.41) is 3.35. The third-order valence-corrected chi connectivity index (χ3v) is 2.75. The van der Waals surface area contributed by atoms with Crippen molar-refractivity contribution in [3.8, 4) is 0 Å². The van der Waals surface area contributed by atoms with E-state index in [9.17, 15) is 0 Å². The maximum absolute atomic E-state index is 5.95. The van der Waals surface area contributed by atoms with E-state index in [-0.39, 0.29) is 6.10 Å². The van der Waals surface area contributed by atoms with Gasteiger partial charge in [-0.2, -0.15) is 0 Å². The number of aromatic nitrogens is 1. The molecule has 2 atom stereocenters. The lowest BCUT2D eigenvalue weighted by Gasteiger charge is -2.26. The Labute approximate surface area is 90.9 Å². The summed E-state index contributed by atoms with van der Waals surface area (Å²) in [5.41, 5.74) is 1.02. The van der Waals surface area contributed by atoms with Gasteiger partial charge < -0.3 is 10.1 Å². The number of pyridine rings is 1. The van der Waals surface area contributed by atoms with Crippen LogP contribution in [0.2, 0.25) is 0 Å². The maximum atomic E-state index is 5.95. The van der Waals surface area contributed by atoms with Crippen molar-refractivity contribution in [2.75, 3.05) is 13.1 Å². The summed E-state index contributed by atoms with van der Waals surface area (Å²) in [4.78, 5) is 4.30. The molecule has 0 saturated carbocycles. The number of rotatable bonds is 3. The lowest BCUT2D eigenvalue weighted by molar-refractivity contribution is -0.0169. The molecule has 1 aliphatic rings. The smallest absolute Gasteiger partial charge is 0.0970 e. The fraction of sp³-hybridized carbons (Fsp3) is 0.583. The Kier molecular flexibility index (Phi) is 3.69. The van der Waals surface area contributed by atoms with E-state index in [1.807, 2.05) is 24.4 Å². The van der Waals surface area contributed by atoms with Crippen LogP contribution in [0.5, 0.6) is 0 Å². The number of hydrogen-bond donors (Lipinski definition) is 1. The molecule has 15 heavy (non-hydrogen) atoms. The molecule has 1 fully saturated rings. The van der Waals surface area contributed by atoms with Crippen LogP contribution < -0.4 is 5.32 Å². The molecule has 3 nitrogen and oxygen atoms in total. The molecule has 2 rings (SSSR count). The molecular formula is C12H18N2O. The monoisotopic (exact) mass is 206 g/mol. The molecule has 0 amide bonds. The Morgan fingerprint density at radius 1 is 1.53 bits per heavy atom. The van der Waals surface area contributed by atoms with Crippen molar-refractivity contribution < 1.29 is 4.74 Å². The average Bonchev–Trinajstić information content (AvgIpc) is 2.31. The van der Waals surface area contributed by atoms with Crippen LogP contribution in [0.1, 0.15) is 31.6 Å². The zero-order valence-electron chi connectivity index (χ0n) is 9.15. The third kappa shape index (κ3) is 3.01. The molecule has 1 aromatic rings. The van der Waals surface area contributed by atoms with Gasteiger partial charge in [0, 0.05) is 12.7 Å². The Bertz CT molecular complexity index is 283. The number of hydrogen-bond acceptors (Lipinski definition) is 3. The summed E-state index contributed by atoms with van der Waals surface area (Å²) in [6.07, 6.45) is 4.62. The second-order valence-electron chi connectivity index (χ2n) is 4.00. The quantitative estimate of drug-likeness (QED) is 0.820. The van der Waals surface area contributed by atoms with Gasteiger partial charge in [0.15, 0.2) is 0 Å². The molecule has 1 N–H and O–H groups in total. The van der Waals surface area contributed by atoms with Gasteiger partial charge in [-0.05, 0) is 38.4 Å². The van der Waals surface area contributed by atoms with Crippen molar-refractivity contribution in [1.29, 1.82) is 0 Å². The van der Waals surface area contributed by atoms with Gasteiger partial charge in [-0.15, -0.1) is 0 Å². The van der Waals surface area contributed by atoms with E-state index in [1.54, 1.807) is 0 Å². The standard InChI is InChI=1S/C12H18N2O/c1-10(12-6-2-3-8-14-12)15-11-5-4-7-13-9-11/h2-3,6,8,10-11,13H,4-5,7,9H2,1H3/t10-,11+/m1/s1. The minimum absolute atomic E-state index is 0.0936. The summed E-state index contributed by atoms with van der Waals surface area (Å²) < 4.78 is 5.95. The van der Waals surface area contributed by atoms with Crippen molar-refractivity contribution in [2.45, 2.75) is 32.0 Å². The summed E-state index contributed by atoms with van der Waals surface area (Å²) in [5.74, 6) is 0. The molecule has 3 heteroatoms. The summed E-state index contributed by atoms with van der Waals surface area (Å²) in [6, 6.07) is 5.95. The fourth-order valence-electron chi connectivity index (χ4n) is 1.91. The molecule has 0 aliphatic carbocycles. The largest absolute Gasteiger partial charge is 0.368 e. The van der Waals surface area contributed by atoms with Crippen LogP contribution in [0.3, 0.4) is 0 Å². The first-order valence-corrected chi connectivity index (χ1v) is 5.63.